The van der Waals surface area contributed by atoms with Crippen molar-refractivity contribution in [1.82, 2.24) is 4.57 Å². The molecule has 1 N–H and O–H groups in total. The first-order valence-corrected chi connectivity index (χ1v) is 12.6. The highest BCUT2D eigenvalue weighted by Gasteiger charge is 2.61. The molecule has 11 nitrogen and oxygen atoms in total. The van der Waals surface area contributed by atoms with E-state index in [0.717, 1.165) is 23.6 Å². The van der Waals surface area contributed by atoms with E-state index < -0.39 is 34.5 Å². The Labute approximate surface area is 226 Å². The summed E-state index contributed by atoms with van der Waals surface area (Å²) < 4.78 is 30.4. The summed E-state index contributed by atoms with van der Waals surface area (Å²) in [6, 6.07) is 3.64. The van der Waals surface area contributed by atoms with Crippen molar-refractivity contribution in [2.75, 3.05) is 27.9 Å². The molecular weight excluding hydrogens is 508 g/mol. The molecule has 0 bridgehead atoms. The average molecular weight is 544 g/mol. The molecule has 1 aromatic heterocycles. The molecule has 210 valence electrons. The number of nitrogens with zero attached hydrogens (tertiary/aromatic N) is 2. The summed E-state index contributed by atoms with van der Waals surface area (Å²) in [7, 11) is 6.12. The largest absolute Gasteiger partial charge is 0.507 e. The highest BCUT2D eigenvalue weighted by molar-refractivity contribution is 6.01. The number of aliphatic hydroxyl groups excluding tert-OH is 1. The molecular formula is C28H35N2O9+. The molecule has 0 saturated heterocycles. The fraction of sp³-hybridized carbons (Fsp3) is 0.500. The van der Waals surface area contributed by atoms with Crippen LogP contribution in [0.25, 0.3) is 10.9 Å². The summed E-state index contributed by atoms with van der Waals surface area (Å²) in [4.78, 5) is 39.1. The summed E-state index contributed by atoms with van der Waals surface area (Å²) in [5, 5.41) is 12.0. The van der Waals surface area contributed by atoms with Crippen molar-refractivity contribution in [2.24, 2.45) is 12.5 Å². The van der Waals surface area contributed by atoms with Crippen LogP contribution in [0, 0.1) is 5.41 Å². The molecule has 0 spiro atoms. The van der Waals surface area contributed by atoms with Gasteiger partial charge in [0.25, 0.3) is 5.76 Å². The van der Waals surface area contributed by atoms with Crippen LogP contribution in [-0.2, 0) is 42.1 Å². The minimum absolute atomic E-state index is 0.00345. The number of rotatable bonds is 7. The lowest BCUT2D eigenvalue weighted by Gasteiger charge is -2.29. The van der Waals surface area contributed by atoms with E-state index in [-0.39, 0.29) is 37.6 Å². The third-order valence-corrected chi connectivity index (χ3v) is 6.95. The normalized spacial score (nSPS) is 19.1. The van der Waals surface area contributed by atoms with E-state index in [2.05, 4.69) is 0 Å². The standard InChI is InChI=1S/C28H34N2O9/c1-27(2,3)39-20(32)14-28-11-8-12-30(26(28)38-23(24(28)33)25(34)37-7)19(31)13-16-15-29(4)21-17(16)9-10-18(35-5)22(21)36-6/h9-10,15H,8,11-14H2,1-7H3/p+1/t28-/m0/s1. The first-order valence-electron chi connectivity index (χ1n) is 12.6. The number of aryl methyl sites for hydroxylation is 1. The third kappa shape index (κ3) is 4.93. The molecule has 0 fully saturated rings. The molecule has 1 aromatic carbocycles. The highest BCUT2D eigenvalue weighted by atomic mass is 16.6. The maximum absolute atomic E-state index is 13.8. The zero-order chi connectivity index (χ0) is 28.7. The predicted molar refractivity (Wildman–Crippen MR) is 140 cm³/mol. The number of carbonyl (C=O) groups excluding carboxylic acids is 3. The van der Waals surface area contributed by atoms with Crippen LogP contribution in [-0.4, -0.2) is 71.5 Å². The predicted octanol–water partition coefficient (Wildman–Crippen LogP) is 3.16. The van der Waals surface area contributed by atoms with Crippen LogP contribution in [0.3, 0.4) is 0 Å². The molecule has 3 heterocycles. The summed E-state index contributed by atoms with van der Waals surface area (Å²) in [6.07, 6.45) is 2.28. The number of ether oxygens (including phenoxy) is 5. The summed E-state index contributed by atoms with van der Waals surface area (Å²) >= 11 is 0. The second-order valence-electron chi connectivity index (χ2n) is 10.7. The molecule has 2 aliphatic heterocycles. The molecule has 2 aromatic rings. The zero-order valence-electron chi connectivity index (χ0n) is 23.4. The molecule has 1 amide bonds. The fourth-order valence-electron chi connectivity index (χ4n) is 5.37. The highest BCUT2D eigenvalue weighted by Crippen LogP contribution is 2.47. The minimum Gasteiger partial charge on any atom is -0.507 e. The molecule has 0 radical (unpaired) electrons. The van der Waals surface area contributed by atoms with E-state index in [1.807, 2.05) is 23.9 Å². The van der Waals surface area contributed by atoms with E-state index in [1.165, 1.54) is 4.58 Å². The average Bonchev–Trinajstić information content (AvgIpc) is 3.35. The monoisotopic (exact) mass is 543 g/mol. The number of hydrogen-bond donors (Lipinski definition) is 1. The van der Waals surface area contributed by atoms with Gasteiger partial charge in [-0.25, -0.2) is 9.59 Å². The molecule has 11 heteroatoms. The fourth-order valence-corrected chi connectivity index (χ4v) is 5.37. The van der Waals surface area contributed by atoms with Gasteiger partial charge in [-0.15, -0.1) is 4.58 Å². The number of aliphatic hydroxyl groups is 1. The van der Waals surface area contributed by atoms with Gasteiger partial charge in [0.1, 0.15) is 12.0 Å². The first-order chi connectivity index (χ1) is 18.4. The van der Waals surface area contributed by atoms with E-state index in [1.54, 1.807) is 41.1 Å². The second-order valence-corrected chi connectivity index (χ2v) is 10.7. The SMILES string of the molecule is COC(=O)C1=C(O)[C@@]2(CC(=O)OC(C)(C)C)CCC[N+](C(=O)Cc3cn(C)c4c(OC)c(OC)ccc34)=C2O1. The number of hydrogen-bond acceptors (Lipinski definition) is 9. The maximum Gasteiger partial charge on any atom is 0.394 e. The Morgan fingerprint density at radius 2 is 1.87 bits per heavy atom. The van der Waals surface area contributed by atoms with E-state index in [4.69, 9.17) is 23.7 Å². The second kappa shape index (κ2) is 10.3. The lowest BCUT2D eigenvalue weighted by atomic mass is 9.76. The van der Waals surface area contributed by atoms with Crippen LogP contribution < -0.4 is 9.47 Å². The van der Waals surface area contributed by atoms with Crippen LogP contribution in [0.5, 0.6) is 11.5 Å². The molecule has 0 unspecified atom stereocenters. The van der Waals surface area contributed by atoms with Gasteiger partial charge in [0.2, 0.25) is 0 Å². The lowest BCUT2D eigenvalue weighted by Crippen LogP contribution is -2.46. The van der Waals surface area contributed by atoms with Gasteiger partial charge in [-0.05, 0) is 44.9 Å². The van der Waals surface area contributed by atoms with Gasteiger partial charge in [0.15, 0.2) is 29.2 Å². The summed E-state index contributed by atoms with van der Waals surface area (Å²) in [6.45, 7) is 5.49. The van der Waals surface area contributed by atoms with Crippen molar-refractivity contribution in [3.63, 3.8) is 0 Å². The Bertz CT molecular complexity index is 1410. The molecule has 0 saturated carbocycles. The van der Waals surface area contributed by atoms with Gasteiger partial charge in [0.05, 0.1) is 33.3 Å². The quantitative estimate of drug-likeness (QED) is 0.414. The number of fused-ring (bicyclic) bond motifs is 2. The van der Waals surface area contributed by atoms with Crippen LogP contribution in [0.15, 0.2) is 29.8 Å². The Morgan fingerprint density at radius 3 is 2.49 bits per heavy atom. The summed E-state index contributed by atoms with van der Waals surface area (Å²) in [5.41, 5.74) is -0.671. The van der Waals surface area contributed by atoms with Crippen LogP contribution in [0.1, 0.15) is 45.6 Å². The number of benzene rings is 1. The molecule has 39 heavy (non-hydrogen) atoms. The smallest absolute Gasteiger partial charge is 0.394 e. The molecule has 1 atom stereocenters. The Kier molecular flexibility index (Phi) is 7.38. The van der Waals surface area contributed by atoms with Crippen molar-refractivity contribution < 1.29 is 47.7 Å². The number of amides is 1. The van der Waals surface area contributed by atoms with Crippen molar-refractivity contribution in [1.29, 1.82) is 0 Å². The molecule has 4 rings (SSSR count). The first kappa shape index (κ1) is 28.0. The van der Waals surface area contributed by atoms with Gasteiger partial charge in [0, 0.05) is 25.1 Å². The zero-order valence-corrected chi connectivity index (χ0v) is 23.4. The minimum atomic E-state index is -1.42. The van der Waals surface area contributed by atoms with Crippen molar-refractivity contribution in [2.45, 2.75) is 52.1 Å². The van der Waals surface area contributed by atoms with Crippen LogP contribution in [0.2, 0.25) is 0 Å². The maximum atomic E-state index is 13.8. The number of esters is 2. The Morgan fingerprint density at radius 1 is 1.15 bits per heavy atom. The van der Waals surface area contributed by atoms with Gasteiger partial charge in [-0.1, -0.05) is 0 Å². The summed E-state index contributed by atoms with van der Waals surface area (Å²) in [5.74, 6) is -1.53. The molecule has 2 aliphatic rings. The van der Waals surface area contributed by atoms with Crippen molar-refractivity contribution in [3.05, 3.63) is 35.4 Å². The van der Waals surface area contributed by atoms with Crippen LogP contribution >= 0.6 is 0 Å². The van der Waals surface area contributed by atoms with Gasteiger partial charge < -0.3 is 33.4 Å². The number of carbonyl (C=O) groups is 3. The number of aromatic nitrogens is 1. The van der Waals surface area contributed by atoms with Crippen LogP contribution in [0.4, 0.5) is 0 Å². The van der Waals surface area contributed by atoms with Crippen molar-refractivity contribution >= 4 is 34.6 Å². The molecule has 0 aliphatic carbocycles. The topological polar surface area (TPSA) is 126 Å². The van der Waals surface area contributed by atoms with Crippen molar-refractivity contribution in [3.8, 4) is 11.5 Å². The Balaban J connectivity index is 1.76. The number of methoxy groups -OCH3 is 3. The third-order valence-electron chi connectivity index (χ3n) is 6.95. The lowest BCUT2D eigenvalue weighted by molar-refractivity contribution is -0.467. The van der Waals surface area contributed by atoms with E-state index >= 15 is 0 Å². The van der Waals surface area contributed by atoms with E-state index in [9.17, 15) is 19.5 Å². The Hall–Kier alpha value is -4.02. The van der Waals surface area contributed by atoms with Gasteiger partial charge >= 0.3 is 23.7 Å². The van der Waals surface area contributed by atoms with E-state index in [0.29, 0.717) is 17.9 Å². The van der Waals surface area contributed by atoms with Gasteiger partial charge in [-0.2, -0.15) is 0 Å². The van der Waals surface area contributed by atoms with Gasteiger partial charge in [-0.3, -0.25) is 4.79 Å².